The van der Waals surface area contributed by atoms with Gasteiger partial charge in [-0.3, -0.25) is 9.36 Å². The molecule has 1 unspecified atom stereocenters. The van der Waals surface area contributed by atoms with E-state index in [4.69, 9.17) is 27.9 Å². The van der Waals surface area contributed by atoms with Crippen LogP contribution in [0.3, 0.4) is 0 Å². The van der Waals surface area contributed by atoms with Gasteiger partial charge in [0.2, 0.25) is 0 Å². The van der Waals surface area contributed by atoms with Crippen LogP contribution in [0.1, 0.15) is 12.6 Å². The first-order valence-corrected chi connectivity index (χ1v) is 8.52. The summed E-state index contributed by atoms with van der Waals surface area (Å²) in [6.07, 6.45) is 1.51. The summed E-state index contributed by atoms with van der Waals surface area (Å²) < 4.78 is 6.90. The second-order valence-electron chi connectivity index (χ2n) is 5.81. The van der Waals surface area contributed by atoms with Crippen molar-refractivity contribution in [3.63, 3.8) is 0 Å². The lowest BCUT2D eigenvalue weighted by Gasteiger charge is -2.16. The number of fused-ring (bicyclic) bond motifs is 1. The molecule has 0 spiro atoms. The van der Waals surface area contributed by atoms with E-state index < -0.39 is 0 Å². The minimum atomic E-state index is -0.178. The van der Waals surface area contributed by atoms with E-state index in [1.165, 1.54) is 0 Å². The molecule has 1 aromatic carbocycles. The predicted octanol–water partition coefficient (Wildman–Crippen LogP) is 4.11. The van der Waals surface area contributed by atoms with Gasteiger partial charge in [0, 0.05) is 34.5 Å². The quantitative estimate of drug-likeness (QED) is 0.686. The van der Waals surface area contributed by atoms with Crippen LogP contribution in [0.2, 0.25) is 10.0 Å². The van der Waals surface area contributed by atoms with Gasteiger partial charge in [0.05, 0.1) is 12.6 Å². The Balaban J connectivity index is 2.31. The highest BCUT2D eigenvalue weighted by Crippen LogP contribution is 2.33. The summed E-state index contributed by atoms with van der Waals surface area (Å²) >= 11 is 12.4. The van der Waals surface area contributed by atoms with E-state index >= 15 is 0 Å². The second kappa shape index (κ2) is 7.12. The highest BCUT2D eigenvalue weighted by molar-refractivity contribution is 6.36. The zero-order chi connectivity index (χ0) is 18.1. The maximum absolute atomic E-state index is 12.6. The van der Waals surface area contributed by atoms with Crippen LogP contribution in [0, 0.1) is 6.92 Å². The van der Waals surface area contributed by atoms with Gasteiger partial charge in [-0.15, -0.1) is 0 Å². The van der Waals surface area contributed by atoms with Gasteiger partial charge in [-0.2, -0.15) is 0 Å². The largest absolute Gasteiger partial charge is 0.380 e. The van der Waals surface area contributed by atoms with Crippen LogP contribution in [-0.2, 0) is 11.3 Å². The molecule has 0 saturated heterocycles. The molecular weight excluding hydrogens is 361 g/mol. The van der Waals surface area contributed by atoms with Crippen molar-refractivity contribution in [2.24, 2.45) is 0 Å². The van der Waals surface area contributed by atoms with Gasteiger partial charge >= 0.3 is 0 Å². The van der Waals surface area contributed by atoms with E-state index in [-0.39, 0.29) is 11.7 Å². The van der Waals surface area contributed by atoms with Crippen molar-refractivity contribution in [3.8, 4) is 11.1 Å². The molecule has 0 fully saturated rings. The lowest BCUT2D eigenvalue weighted by Crippen LogP contribution is -2.29. The molecular formula is C18H17Cl2N3O2. The van der Waals surface area contributed by atoms with Crippen molar-refractivity contribution in [1.82, 2.24) is 14.5 Å². The number of hydrogen-bond donors (Lipinski definition) is 0. The topological polar surface area (TPSA) is 57.0 Å². The van der Waals surface area contributed by atoms with Crippen LogP contribution in [0.15, 0.2) is 35.3 Å². The molecule has 0 radical (unpaired) electrons. The van der Waals surface area contributed by atoms with Crippen LogP contribution in [0.25, 0.3) is 22.3 Å². The highest BCUT2D eigenvalue weighted by atomic mass is 35.5. The van der Waals surface area contributed by atoms with Crippen LogP contribution < -0.4 is 5.56 Å². The lowest BCUT2D eigenvalue weighted by molar-refractivity contribution is 0.103. The Morgan fingerprint density at radius 1 is 1.24 bits per heavy atom. The zero-order valence-electron chi connectivity index (χ0n) is 14.1. The highest BCUT2D eigenvalue weighted by Gasteiger charge is 2.16. The predicted molar refractivity (Wildman–Crippen MR) is 100 cm³/mol. The molecule has 25 heavy (non-hydrogen) atoms. The molecule has 0 aliphatic heterocycles. The fourth-order valence-electron chi connectivity index (χ4n) is 2.68. The Bertz CT molecular complexity index is 1000. The van der Waals surface area contributed by atoms with Gasteiger partial charge in [0.1, 0.15) is 11.2 Å². The van der Waals surface area contributed by atoms with E-state index in [0.29, 0.717) is 33.4 Å². The fraction of sp³-hybridized carbons (Fsp3) is 0.278. The number of benzene rings is 1. The first-order chi connectivity index (χ1) is 11.9. The first kappa shape index (κ1) is 17.9. The number of halogens is 2. The molecule has 2 aromatic heterocycles. The normalized spacial score (nSPS) is 12.5. The monoisotopic (exact) mass is 377 g/mol. The molecule has 7 heteroatoms. The summed E-state index contributed by atoms with van der Waals surface area (Å²) in [6, 6.07) is 7.12. The third-order valence-electron chi connectivity index (χ3n) is 4.06. The van der Waals surface area contributed by atoms with Crippen molar-refractivity contribution in [1.29, 1.82) is 0 Å². The molecule has 1 atom stereocenters. The van der Waals surface area contributed by atoms with Gasteiger partial charge in [-0.25, -0.2) is 9.97 Å². The Labute approximate surface area is 155 Å². The molecule has 0 bridgehead atoms. The Kier molecular flexibility index (Phi) is 5.08. The van der Waals surface area contributed by atoms with Gasteiger partial charge in [0.15, 0.2) is 5.65 Å². The van der Waals surface area contributed by atoms with E-state index in [0.717, 1.165) is 11.1 Å². The molecule has 0 saturated carbocycles. The summed E-state index contributed by atoms with van der Waals surface area (Å²) in [7, 11) is 1.61. The molecule has 0 N–H and O–H groups in total. The molecule has 0 aliphatic rings. The molecule has 3 rings (SSSR count). The van der Waals surface area contributed by atoms with Crippen LogP contribution in [0.4, 0.5) is 0 Å². The van der Waals surface area contributed by atoms with Gasteiger partial charge < -0.3 is 4.74 Å². The van der Waals surface area contributed by atoms with E-state index in [2.05, 4.69) is 9.97 Å². The number of hydrogen-bond acceptors (Lipinski definition) is 4. The number of aryl methyl sites for hydroxylation is 1. The summed E-state index contributed by atoms with van der Waals surface area (Å²) in [5.74, 6) is 0. The number of nitrogens with zero attached hydrogens (tertiary/aromatic N) is 3. The molecule has 5 nitrogen and oxygen atoms in total. The van der Waals surface area contributed by atoms with Gasteiger partial charge in [-0.05, 0) is 32.0 Å². The number of methoxy groups -OCH3 is 1. The number of ether oxygens (including phenoxy) is 1. The van der Waals surface area contributed by atoms with Crippen LogP contribution in [-0.4, -0.2) is 27.7 Å². The Morgan fingerprint density at radius 3 is 2.68 bits per heavy atom. The average Bonchev–Trinajstić information content (AvgIpc) is 2.58. The van der Waals surface area contributed by atoms with Crippen LogP contribution in [0.5, 0.6) is 0 Å². The molecule has 3 aromatic rings. The van der Waals surface area contributed by atoms with Crippen molar-refractivity contribution in [2.45, 2.75) is 26.5 Å². The standard InChI is InChI=1S/C18H17Cl2N3O2/c1-10(25-3)9-23-17-16(22-11(2)18(23)24)14(6-7-21-17)13-5-4-12(19)8-15(13)20/h4-8,10H,9H2,1-3H3. The second-order valence-corrected chi connectivity index (χ2v) is 6.66. The number of rotatable bonds is 4. The maximum atomic E-state index is 12.6. The third-order valence-corrected chi connectivity index (χ3v) is 4.61. The number of aromatic nitrogens is 3. The summed E-state index contributed by atoms with van der Waals surface area (Å²) in [4.78, 5) is 21.4. The summed E-state index contributed by atoms with van der Waals surface area (Å²) in [5.41, 5.74) is 2.93. The third kappa shape index (κ3) is 3.40. The van der Waals surface area contributed by atoms with Gasteiger partial charge in [0.25, 0.3) is 5.56 Å². The zero-order valence-corrected chi connectivity index (χ0v) is 15.6. The summed E-state index contributed by atoms with van der Waals surface area (Å²) in [6.45, 7) is 3.98. The minimum Gasteiger partial charge on any atom is -0.380 e. The first-order valence-electron chi connectivity index (χ1n) is 7.76. The van der Waals surface area contributed by atoms with Crippen molar-refractivity contribution in [2.75, 3.05) is 7.11 Å². The number of pyridine rings is 1. The summed E-state index contributed by atoms with van der Waals surface area (Å²) in [5, 5.41) is 1.07. The van der Waals surface area contributed by atoms with E-state index in [9.17, 15) is 4.79 Å². The lowest BCUT2D eigenvalue weighted by atomic mass is 10.1. The van der Waals surface area contributed by atoms with Crippen molar-refractivity contribution >= 4 is 34.4 Å². The molecule has 130 valence electrons. The SMILES string of the molecule is COC(C)Cn1c(=O)c(C)nc2c(-c3ccc(Cl)cc3Cl)ccnc21. The van der Waals surface area contributed by atoms with Crippen LogP contribution >= 0.6 is 23.2 Å². The van der Waals surface area contributed by atoms with Gasteiger partial charge in [-0.1, -0.05) is 29.3 Å². The van der Waals surface area contributed by atoms with Crippen molar-refractivity contribution in [3.05, 3.63) is 56.6 Å². The Morgan fingerprint density at radius 2 is 2.00 bits per heavy atom. The maximum Gasteiger partial charge on any atom is 0.273 e. The van der Waals surface area contributed by atoms with E-state index in [1.54, 1.807) is 36.9 Å². The van der Waals surface area contributed by atoms with Crippen molar-refractivity contribution < 1.29 is 4.74 Å². The smallest absolute Gasteiger partial charge is 0.273 e. The minimum absolute atomic E-state index is 0.132. The fourth-order valence-corrected chi connectivity index (χ4v) is 3.19. The Hall–Kier alpha value is -1.95. The molecule has 0 aliphatic carbocycles. The van der Waals surface area contributed by atoms with E-state index in [1.807, 2.05) is 19.1 Å². The molecule has 0 amide bonds. The average molecular weight is 378 g/mol. The molecule has 2 heterocycles.